The highest BCUT2D eigenvalue weighted by atomic mass is 35.5. The summed E-state index contributed by atoms with van der Waals surface area (Å²) in [5.41, 5.74) is 3.35. The number of carbonyl (C=O) groups excluding carboxylic acids is 1. The first-order valence-corrected chi connectivity index (χ1v) is 11.8. The molecular weight excluding hydrogens is 458 g/mol. The number of hydrogen-bond donors (Lipinski definition) is 1. The van der Waals surface area contributed by atoms with Crippen molar-refractivity contribution in [1.29, 1.82) is 0 Å². The van der Waals surface area contributed by atoms with Gasteiger partial charge >= 0.3 is 0 Å². The number of anilines is 1. The summed E-state index contributed by atoms with van der Waals surface area (Å²) in [5.74, 6) is -0.0592. The lowest BCUT2D eigenvalue weighted by molar-refractivity contribution is -0.119. The van der Waals surface area contributed by atoms with Crippen molar-refractivity contribution in [1.82, 2.24) is 5.43 Å². The Morgan fingerprint density at radius 1 is 1.13 bits per heavy atom. The van der Waals surface area contributed by atoms with E-state index >= 15 is 0 Å². The monoisotopic (exact) mass is 477 g/mol. The molecule has 0 saturated carbocycles. The highest BCUT2D eigenvalue weighted by Crippen LogP contribution is 2.26. The zero-order valence-corrected chi connectivity index (χ0v) is 19.2. The highest BCUT2D eigenvalue weighted by molar-refractivity contribution is 7.92. The van der Waals surface area contributed by atoms with E-state index in [-0.39, 0.29) is 4.90 Å². The van der Waals surface area contributed by atoms with Crippen LogP contribution in [0.5, 0.6) is 5.75 Å². The molecular formula is C21H20ClN3O4S2. The molecule has 1 heterocycles. The van der Waals surface area contributed by atoms with E-state index in [0.29, 0.717) is 22.2 Å². The Hall–Kier alpha value is -2.88. The fraction of sp³-hybridized carbons (Fsp3) is 0.143. The molecule has 0 fully saturated rings. The van der Waals surface area contributed by atoms with Gasteiger partial charge in [0.15, 0.2) is 0 Å². The summed E-state index contributed by atoms with van der Waals surface area (Å²) < 4.78 is 32.7. The summed E-state index contributed by atoms with van der Waals surface area (Å²) in [6.45, 7) is 1.30. The van der Waals surface area contributed by atoms with E-state index in [4.69, 9.17) is 16.3 Å². The number of hydrazone groups is 1. The second-order valence-electron chi connectivity index (χ2n) is 6.37. The van der Waals surface area contributed by atoms with Gasteiger partial charge in [-0.3, -0.25) is 9.10 Å². The third-order valence-corrected chi connectivity index (χ3v) is 7.29. The molecule has 1 aromatic heterocycles. The lowest BCUT2D eigenvalue weighted by atomic mass is 10.3. The molecule has 7 nitrogen and oxygen atoms in total. The van der Waals surface area contributed by atoms with Crippen LogP contribution in [0.1, 0.15) is 11.8 Å². The van der Waals surface area contributed by atoms with Crippen molar-refractivity contribution in [3.63, 3.8) is 0 Å². The molecule has 2 aromatic carbocycles. The number of amides is 1. The van der Waals surface area contributed by atoms with Crippen LogP contribution < -0.4 is 14.5 Å². The van der Waals surface area contributed by atoms with Gasteiger partial charge in [-0.15, -0.1) is 11.3 Å². The van der Waals surface area contributed by atoms with E-state index in [1.54, 1.807) is 31.2 Å². The molecule has 3 rings (SSSR count). The van der Waals surface area contributed by atoms with Crippen LogP contribution in [0.4, 0.5) is 5.69 Å². The molecule has 0 aliphatic carbocycles. The minimum Gasteiger partial charge on any atom is -0.497 e. The molecule has 3 aromatic rings. The van der Waals surface area contributed by atoms with Gasteiger partial charge < -0.3 is 4.74 Å². The average Bonchev–Trinajstić information content (AvgIpc) is 3.31. The highest BCUT2D eigenvalue weighted by Gasteiger charge is 2.27. The van der Waals surface area contributed by atoms with Crippen LogP contribution in [0, 0.1) is 0 Å². The number of nitrogens with zero attached hydrogens (tertiary/aromatic N) is 2. The smallest absolute Gasteiger partial charge is 0.264 e. The van der Waals surface area contributed by atoms with Crippen LogP contribution in [0.15, 0.2) is 76.0 Å². The number of sulfonamides is 1. The number of methoxy groups -OCH3 is 1. The zero-order valence-electron chi connectivity index (χ0n) is 16.8. The quantitative estimate of drug-likeness (QED) is 0.390. The van der Waals surface area contributed by atoms with Gasteiger partial charge in [-0.2, -0.15) is 5.10 Å². The van der Waals surface area contributed by atoms with Crippen molar-refractivity contribution in [3.05, 3.63) is 75.9 Å². The molecule has 0 spiro atoms. The molecule has 31 heavy (non-hydrogen) atoms. The molecule has 1 amide bonds. The van der Waals surface area contributed by atoms with E-state index in [9.17, 15) is 13.2 Å². The lowest BCUT2D eigenvalue weighted by Gasteiger charge is -2.24. The molecule has 0 aliphatic rings. The van der Waals surface area contributed by atoms with Crippen LogP contribution in [-0.2, 0) is 14.8 Å². The fourth-order valence-electron chi connectivity index (χ4n) is 2.65. The molecule has 0 bridgehead atoms. The van der Waals surface area contributed by atoms with E-state index in [2.05, 4.69) is 10.5 Å². The molecule has 0 atom stereocenters. The first-order valence-electron chi connectivity index (χ1n) is 9.10. The minimum atomic E-state index is -4.04. The number of benzene rings is 2. The van der Waals surface area contributed by atoms with E-state index in [1.807, 2.05) is 17.5 Å². The topological polar surface area (TPSA) is 88.1 Å². The predicted molar refractivity (Wildman–Crippen MR) is 124 cm³/mol. The standard InChI is InChI=1S/C21H20ClN3O4S2/c1-15(20-4-3-13-30-20)23-24-21(26)14-25(17-7-5-16(22)6-8-17)31(27,28)19-11-9-18(29-2)10-12-19/h3-13H,14H2,1-2H3,(H,24,26)/b23-15-. The molecule has 0 saturated heterocycles. The van der Waals surface area contributed by atoms with E-state index in [0.717, 1.165) is 9.18 Å². The average molecular weight is 478 g/mol. The SMILES string of the molecule is COc1ccc(S(=O)(=O)N(CC(=O)N/N=C(/C)c2cccs2)c2ccc(Cl)cc2)cc1. The Kier molecular flexibility index (Phi) is 7.32. The number of rotatable bonds is 8. The number of ether oxygens (including phenoxy) is 1. The van der Waals surface area contributed by atoms with Crippen LogP contribution in [0.3, 0.4) is 0 Å². The molecule has 0 radical (unpaired) electrons. The third-order valence-electron chi connectivity index (χ3n) is 4.28. The van der Waals surface area contributed by atoms with Crippen molar-refractivity contribution in [2.45, 2.75) is 11.8 Å². The maximum Gasteiger partial charge on any atom is 0.264 e. The first kappa shape index (κ1) is 22.8. The van der Waals surface area contributed by atoms with Crippen LogP contribution in [0.25, 0.3) is 0 Å². The Morgan fingerprint density at radius 2 is 1.81 bits per heavy atom. The summed E-state index contributed by atoms with van der Waals surface area (Å²) in [4.78, 5) is 13.5. The van der Waals surface area contributed by atoms with Crippen molar-refractivity contribution in [2.24, 2.45) is 5.10 Å². The Bertz CT molecular complexity index is 1160. The van der Waals surface area contributed by atoms with Gasteiger partial charge in [0, 0.05) is 9.90 Å². The third kappa shape index (κ3) is 5.63. The molecule has 0 aliphatic heterocycles. The van der Waals surface area contributed by atoms with E-state index in [1.165, 1.54) is 42.7 Å². The summed E-state index contributed by atoms with van der Waals surface area (Å²) in [6.07, 6.45) is 0. The maximum atomic E-state index is 13.3. The normalized spacial score (nSPS) is 11.8. The van der Waals surface area contributed by atoms with Gasteiger partial charge in [0.1, 0.15) is 12.3 Å². The first-order chi connectivity index (χ1) is 14.8. The van der Waals surface area contributed by atoms with Gasteiger partial charge in [-0.1, -0.05) is 17.7 Å². The van der Waals surface area contributed by atoms with Gasteiger partial charge in [0.2, 0.25) is 0 Å². The number of thiophene rings is 1. The number of carbonyl (C=O) groups is 1. The van der Waals surface area contributed by atoms with Crippen LogP contribution in [0.2, 0.25) is 5.02 Å². The van der Waals surface area contributed by atoms with Crippen molar-refractivity contribution in [3.8, 4) is 5.75 Å². The summed E-state index contributed by atoms with van der Waals surface area (Å²) in [5, 5.41) is 6.43. The van der Waals surface area contributed by atoms with Gasteiger partial charge in [0.05, 0.1) is 23.4 Å². The van der Waals surface area contributed by atoms with Gasteiger partial charge in [0.25, 0.3) is 15.9 Å². The number of nitrogens with one attached hydrogen (secondary N) is 1. The van der Waals surface area contributed by atoms with Crippen LogP contribution >= 0.6 is 22.9 Å². The van der Waals surface area contributed by atoms with Crippen molar-refractivity contribution >= 4 is 50.3 Å². The second kappa shape index (κ2) is 9.95. The summed E-state index contributed by atoms with van der Waals surface area (Å²) in [6, 6.07) is 15.9. The van der Waals surface area contributed by atoms with Crippen molar-refractivity contribution in [2.75, 3.05) is 18.0 Å². The molecule has 162 valence electrons. The minimum absolute atomic E-state index is 0.0225. The molecule has 10 heteroatoms. The van der Waals surface area contributed by atoms with Gasteiger partial charge in [-0.25, -0.2) is 13.8 Å². The largest absolute Gasteiger partial charge is 0.497 e. The van der Waals surface area contributed by atoms with Gasteiger partial charge in [-0.05, 0) is 66.9 Å². The Labute approximate surface area is 190 Å². The fourth-order valence-corrected chi connectivity index (χ4v) is 4.87. The predicted octanol–water partition coefficient (Wildman–Crippen LogP) is 4.15. The van der Waals surface area contributed by atoms with E-state index < -0.39 is 22.5 Å². The van der Waals surface area contributed by atoms with Crippen molar-refractivity contribution < 1.29 is 17.9 Å². The van der Waals surface area contributed by atoms with Crippen LogP contribution in [-0.4, -0.2) is 33.7 Å². The number of halogens is 1. The summed E-state index contributed by atoms with van der Waals surface area (Å²) >= 11 is 7.43. The Balaban J connectivity index is 1.88. The summed E-state index contributed by atoms with van der Waals surface area (Å²) in [7, 11) is -2.55. The molecule has 0 unspecified atom stereocenters. The molecule has 1 N–H and O–H groups in total. The lowest BCUT2D eigenvalue weighted by Crippen LogP contribution is -2.39. The Morgan fingerprint density at radius 3 is 2.39 bits per heavy atom. The second-order valence-corrected chi connectivity index (χ2v) is 9.62. The zero-order chi connectivity index (χ0) is 22.4. The number of hydrogen-bond acceptors (Lipinski definition) is 6. The maximum absolute atomic E-state index is 13.3.